The lowest BCUT2D eigenvalue weighted by Crippen LogP contribution is -2.41. The minimum atomic E-state index is -0.329. The van der Waals surface area contributed by atoms with Crippen molar-refractivity contribution >= 4 is 23.4 Å². The number of methoxy groups -OCH3 is 1. The summed E-state index contributed by atoms with van der Waals surface area (Å²) < 4.78 is 12.6. The molecule has 3 aromatic carbocycles. The third-order valence-electron chi connectivity index (χ3n) is 8.12. The molecule has 1 aliphatic heterocycles. The summed E-state index contributed by atoms with van der Waals surface area (Å²) in [6.45, 7) is 9.83. The van der Waals surface area contributed by atoms with Crippen molar-refractivity contribution in [3.8, 4) is 17.2 Å². The molecular formula is C36H43N5O4. The largest absolute Gasteiger partial charge is 0.497 e. The molecule has 2 heterocycles. The van der Waals surface area contributed by atoms with Crippen LogP contribution in [0.25, 0.3) is 5.69 Å². The van der Waals surface area contributed by atoms with Crippen molar-refractivity contribution in [1.82, 2.24) is 14.7 Å². The average molecular weight is 610 g/mol. The minimum absolute atomic E-state index is 0.00881. The molecule has 1 fully saturated rings. The number of rotatable bonds is 9. The lowest BCUT2D eigenvalue weighted by atomic mass is 9.90. The number of ether oxygens (including phenoxy) is 2. The fraction of sp³-hybridized carbons (Fsp3) is 0.361. The van der Waals surface area contributed by atoms with Gasteiger partial charge in [0, 0.05) is 30.3 Å². The molecule has 3 amide bonds. The van der Waals surface area contributed by atoms with Gasteiger partial charge in [-0.1, -0.05) is 50.6 Å². The van der Waals surface area contributed by atoms with Crippen LogP contribution in [0.3, 0.4) is 0 Å². The summed E-state index contributed by atoms with van der Waals surface area (Å²) in [6, 6.07) is 24.9. The van der Waals surface area contributed by atoms with E-state index < -0.39 is 0 Å². The first-order valence-electron chi connectivity index (χ1n) is 15.5. The summed E-state index contributed by atoms with van der Waals surface area (Å²) in [5.41, 5.74) is 4.68. The second kappa shape index (κ2) is 13.9. The molecule has 0 atom stereocenters. The Morgan fingerprint density at radius 3 is 2.16 bits per heavy atom. The van der Waals surface area contributed by atoms with Crippen molar-refractivity contribution in [3.05, 3.63) is 95.7 Å². The highest BCUT2D eigenvalue weighted by Crippen LogP contribution is 2.27. The Labute approximate surface area is 265 Å². The monoisotopic (exact) mass is 609 g/mol. The zero-order chi connectivity index (χ0) is 32.0. The van der Waals surface area contributed by atoms with Gasteiger partial charge in [0.2, 0.25) is 0 Å². The van der Waals surface area contributed by atoms with E-state index in [9.17, 15) is 9.59 Å². The van der Waals surface area contributed by atoms with Crippen molar-refractivity contribution in [2.45, 2.75) is 52.4 Å². The van der Waals surface area contributed by atoms with E-state index >= 15 is 0 Å². The van der Waals surface area contributed by atoms with Gasteiger partial charge in [0.15, 0.2) is 6.61 Å². The molecule has 45 heavy (non-hydrogen) atoms. The Hall–Kier alpha value is -4.79. The number of carbonyl (C=O) groups excluding carboxylic acids is 2. The van der Waals surface area contributed by atoms with Gasteiger partial charge in [-0.3, -0.25) is 10.1 Å². The van der Waals surface area contributed by atoms with Gasteiger partial charge in [-0.15, -0.1) is 0 Å². The molecule has 1 aliphatic rings. The molecule has 0 spiro atoms. The lowest BCUT2D eigenvalue weighted by molar-refractivity contribution is -0.134. The summed E-state index contributed by atoms with van der Waals surface area (Å²) in [7, 11) is 1.62. The van der Waals surface area contributed by atoms with Crippen LogP contribution in [-0.2, 0) is 16.6 Å². The number of hydrogen-bond acceptors (Lipinski definition) is 5. The van der Waals surface area contributed by atoms with Crippen LogP contribution in [-0.4, -0.2) is 53.4 Å². The fourth-order valence-electron chi connectivity index (χ4n) is 5.35. The van der Waals surface area contributed by atoms with Crippen LogP contribution in [0.2, 0.25) is 0 Å². The fourth-order valence-corrected chi connectivity index (χ4v) is 5.35. The highest BCUT2D eigenvalue weighted by Gasteiger charge is 2.24. The van der Waals surface area contributed by atoms with Crippen LogP contribution >= 0.6 is 0 Å². The summed E-state index contributed by atoms with van der Waals surface area (Å²) >= 11 is 0. The van der Waals surface area contributed by atoms with E-state index in [-0.39, 0.29) is 24.0 Å². The van der Waals surface area contributed by atoms with Crippen molar-refractivity contribution in [2.75, 3.05) is 37.4 Å². The highest BCUT2D eigenvalue weighted by atomic mass is 16.5. The third-order valence-corrected chi connectivity index (χ3v) is 8.12. The number of amides is 3. The smallest absolute Gasteiger partial charge is 0.324 e. The van der Waals surface area contributed by atoms with Crippen molar-refractivity contribution in [3.63, 3.8) is 0 Å². The Morgan fingerprint density at radius 2 is 1.53 bits per heavy atom. The van der Waals surface area contributed by atoms with Crippen LogP contribution in [0.1, 0.15) is 50.4 Å². The summed E-state index contributed by atoms with van der Waals surface area (Å²) in [5.74, 6) is 2.51. The maximum Gasteiger partial charge on any atom is 0.324 e. The zero-order valence-electron chi connectivity index (χ0n) is 26.8. The molecule has 0 aliphatic carbocycles. The molecule has 2 N–H and O–H groups in total. The SMILES string of the molecule is COc1ccc(OCC(=O)N2CCC(Cc3ccc(NC(=O)Nc4cc(C(C)(C)C)nn4-c4ccc(C)cc4)cc3)CC2)cc1. The van der Waals surface area contributed by atoms with Crippen LogP contribution in [0.15, 0.2) is 78.9 Å². The van der Waals surface area contributed by atoms with Crippen molar-refractivity contribution in [1.29, 1.82) is 0 Å². The maximum atomic E-state index is 13.0. The first-order valence-corrected chi connectivity index (χ1v) is 15.5. The number of urea groups is 1. The van der Waals surface area contributed by atoms with Gasteiger partial charge in [-0.05, 0) is 86.2 Å². The average Bonchev–Trinajstić information content (AvgIpc) is 3.46. The number of aromatic nitrogens is 2. The molecule has 0 unspecified atom stereocenters. The van der Waals surface area contributed by atoms with Crippen molar-refractivity contribution < 1.29 is 19.1 Å². The normalized spacial score (nSPS) is 13.8. The second-order valence-corrected chi connectivity index (χ2v) is 12.7. The van der Waals surface area contributed by atoms with Crippen molar-refractivity contribution in [2.24, 2.45) is 5.92 Å². The molecule has 9 heteroatoms. The number of carbonyl (C=O) groups is 2. The van der Waals surface area contributed by atoms with Gasteiger partial charge >= 0.3 is 6.03 Å². The summed E-state index contributed by atoms with van der Waals surface area (Å²) in [5, 5.41) is 10.7. The summed E-state index contributed by atoms with van der Waals surface area (Å²) in [6.07, 6.45) is 2.83. The molecule has 0 bridgehead atoms. The number of nitrogens with one attached hydrogen (secondary N) is 2. The molecule has 0 radical (unpaired) electrons. The Kier molecular flexibility index (Phi) is 9.76. The van der Waals surface area contributed by atoms with E-state index in [0.717, 1.165) is 55.0 Å². The topological polar surface area (TPSA) is 97.7 Å². The number of likely N-dealkylation sites (tertiary alicyclic amines) is 1. The van der Waals surface area contributed by atoms with Gasteiger partial charge in [0.25, 0.3) is 5.91 Å². The molecule has 0 saturated carbocycles. The van der Waals surface area contributed by atoms with E-state index in [0.29, 0.717) is 23.2 Å². The molecule has 1 aromatic heterocycles. The lowest BCUT2D eigenvalue weighted by Gasteiger charge is -2.32. The maximum absolute atomic E-state index is 13.0. The third kappa shape index (κ3) is 8.44. The number of nitrogens with zero attached hydrogens (tertiary/aromatic N) is 3. The van der Waals surface area contributed by atoms with Gasteiger partial charge in [0.1, 0.15) is 17.3 Å². The zero-order valence-corrected chi connectivity index (χ0v) is 26.8. The molecule has 9 nitrogen and oxygen atoms in total. The number of benzene rings is 3. The quantitative estimate of drug-likeness (QED) is 0.213. The Morgan fingerprint density at radius 1 is 0.889 bits per heavy atom. The van der Waals surface area contributed by atoms with Gasteiger partial charge < -0.3 is 19.7 Å². The Bertz CT molecular complexity index is 1580. The van der Waals surface area contributed by atoms with E-state index in [2.05, 4.69) is 43.5 Å². The van der Waals surface area contributed by atoms with Crippen LogP contribution in [0, 0.1) is 12.8 Å². The van der Waals surface area contributed by atoms with Gasteiger partial charge in [0.05, 0.1) is 18.5 Å². The number of aryl methyl sites for hydroxylation is 1. The number of hydrogen-bond donors (Lipinski definition) is 2. The predicted octanol–water partition coefficient (Wildman–Crippen LogP) is 6.99. The molecule has 5 rings (SSSR count). The molecule has 4 aromatic rings. The van der Waals surface area contributed by atoms with Crippen LogP contribution in [0.5, 0.6) is 11.5 Å². The van der Waals surface area contributed by atoms with E-state index in [4.69, 9.17) is 14.6 Å². The highest BCUT2D eigenvalue weighted by molar-refractivity contribution is 5.99. The van der Waals surface area contributed by atoms with Crippen LogP contribution < -0.4 is 20.1 Å². The van der Waals surface area contributed by atoms with Gasteiger partial charge in [-0.2, -0.15) is 5.10 Å². The number of piperidine rings is 1. The number of anilines is 2. The second-order valence-electron chi connectivity index (χ2n) is 12.7. The van der Waals surface area contributed by atoms with E-state index in [1.807, 2.05) is 66.4 Å². The molecule has 236 valence electrons. The minimum Gasteiger partial charge on any atom is -0.497 e. The molecular weight excluding hydrogens is 566 g/mol. The van der Waals surface area contributed by atoms with E-state index in [1.165, 1.54) is 5.56 Å². The predicted molar refractivity (Wildman–Crippen MR) is 178 cm³/mol. The van der Waals surface area contributed by atoms with E-state index in [1.54, 1.807) is 23.9 Å². The Balaban J connectivity index is 1.10. The molecule has 1 saturated heterocycles. The summed E-state index contributed by atoms with van der Waals surface area (Å²) in [4.78, 5) is 27.6. The first-order chi connectivity index (χ1) is 21.6. The standard InChI is InChI=1S/C36H43N5O4/c1-25-6-12-29(13-7-25)41-33(23-32(39-41)36(2,3)4)38-35(43)37-28-10-8-26(9-11-28)22-27-18-20-40(21-19-27)34(42)24-45-31-16-14-30(44-5)15-17-31/h6-17,23,27H,18-22,24H2,1-5H3,(H2,37,38,43). The first kappa shape index (κ1) is 31.6. The van der Waals surface area contributed by atoms with Gasteiger partial charge in [-0.25, -0.2) is 9.48 Å². The van der Waals surface area contributed by atoms with Crippen LogP contribution in [0.4, 0.5) is 16.3 Å².